The first kappa shape index (κ1) is 14.8. The Balaban J connectivity index is 1.68. The maximum atomic E-state index is 12.2. The Bertz CT molecular complexity index is 277. The molecule has 1 saturated heterocycles. The van der Waals surface area contributed by atoms with Crippen LogP contribution in [0.15, 0.2) is 0 Å². The first-order valence-electron chi connectivity index (χ1n) is 7.92. The van der Waals surface area contributed by atoms with E-state index in [1.54, 1.807) is 0 Å². The van der Waals surface area contributed by atoms with Crippen LogP contribution in [-0.2, 0) is 9.53 Å². The molecule has 1 N–H and O–H groups in total. The van der Waals surface area contributed by atoms with Crippen molar-refractivity contribution in [2.24, 2.45) is 0 Å². The normalized spacial score (nSPS) is 24.9. The van der Waals surface area contributed by atoms with E-state index in [0.29, 0.717) is 12.6 Å². The van der Waals surface area contributed by atoms with Gasteiger partial charge in [-0.1, -0.05) is 19.8 Å². The minimum absolute atomic E-state index is 0.247. The standard InChI is InChI=1S/C15H28N2O2/c1-2-10-19-14-8-5-9-17(12-14)15(18)11-16-13-6-3-4-7-13/h13-14,16H,2-12H2,1H3. The van der Waals surface area contributed by atoms with Gasteiger partial charge in [0.2, 0.25) is 5.91 Å². The van der Waals surface area contributed by atoms with Crippen molar-refractivity contribution in [3.05, 3.63) is 0 Å². The molecule has 110 valence electrons. The van der Waals surface area contributed by atoms with E-state index in [9.17, 15) is 4.79 Å². The van der Waals surface area contributed by atoms with Crippen molar-refractivity contribution in [3.8, 4) is 0 Å². The van der Waals surface area contributed by atoms with Crippen molar-refractivity contribution in [1.29, 1.82) is 0 Å². The van der Waals surface area contributed by atoms with Gasteiger partial charge in [-0.3, -0.25) is 4.79 Å². The Hall–Kier alpha value is -0.610. The number of amides is 1. The SMILES string of the molecule is CCCOC1CCCN(C(=O)CNC2CCCC2)C1. The molecule has 0 aromatic carbocycles. The fraction of sp³-hybridized carbons (Fsp3) is 0.933. The lowest BCUT2D eigenvalue weighted by molar-refractivity contribution is -0.134. The average molecular weight is 268 g/mol. The molecule has 1 aliphatic heterocycles. The average Bonchev–Trinajstić information content (AvgIpc) is 2.96. The minimum atomic E-state index is 0.247. The van der Waals surface area contributed by atoms with Gasteiger partial charge in [0.1, 0.15) is 0 Å². The number of piperidine rings is 1. The summed E-state index contributed by atoms with van der Waals surface area (Å²) in [4.78, 5) is 14.2. The number of likely N-dealkylation sites (tertiary alicyclic amines) is 1. The number of nitrogens with zero attached hydrogens (tertiary/aromatic N) is 1. The summed E-state index contributed by atoms with van der Waals surface area (Å²) >= 11 is 0. The fourth-order valence-electron chi connectivity index (χ4n) is 3.06. The van der Waals surface area contributed by atoms with Crippen LogP contribution in [0.3, 0.4) is 0 Å². The van der Waals surface area contributed by atoms with E-state index in [1.165, 1.54) is 25.7 Å². The molecule has 0 radical (unpaired) electrons. The smallest absolute Gasteiger partial charge is 0.236 e. The molecule has 4 nitrogen and oxygen atoms in total. The van der Waals surface area contributed by atoms with Crippen molar-refractivity contribution in [2.75, 3.05) is 26.2 Å². The van der Waals surface area contributed by atoms with Crippen LogP contribution in [0.2, 0.25) is 0 Å². The molecule has 2 rings (SSSR count). The van der Waals surface area contributed by atoms with Gasteiger partial charge in [-0.25, -0.2) is 0 Å². The minimum Gasteiger partial charge on any atom is -0.376 e. The maximum Gasteiger partial charge on any atom is 0.236 e. The first-order chi connectivity index (χ1) is 9.29. The van der Waals surface area contributed by atoms with E-state index in [-0.39, 0.29) is 12.0 Å². The molecule has 1 aliphatic carbocycles. The lowest BCUT2D eigenvalue weighted by Crippen LogP contribution is -2.47. The molecule has 1 saturated carbocycles. The summed E-state index contributed by atoms with van der Waals surface area (Å²) in [7, 11) is 0. The molecule has 0 aromatic rings. The Morgan fingerprint density at radius 3 is 2.79 bits per heavy atom. The lowest BCUT2D eigenvalue weighted by Gasteiger charge is -2.33. The number of nitrogens with one attached hydrogen (secondary N) is 1. The monoisotopic (exact) mass is 268 g/mol. The quantitative estimate of drug-likeness (QED) is 0.800. The fourth-order valence-corrected chi connectivity index (χ4v) is 3.06. The Morgan fingerprint density at radius 1 is 1.26 bits per heavy atom. The summed E-state index contributed by atoms with van der Waals surface area (Å²) in [6, 6.07) is 0.570. The predicted molar refractivity (Wildman–Crippen MR) is 76.1 cm³/mol. The van der Waals surface area contributed by atoms with Crippen LogP contribution >= 0.6 is 0 Å². The molecule has 1 atom stereocenters. The summed E-state index contributed by atoms with van der Waals surface area (Å²) in [5.74, 6) is 0.247. The molecule has 4 heteroatoms. The van der Waals surface area contributed by atoms with Gasteiger partial charge in [0.05, 0.1) is 12.6 Å². The predicted octanol–water partition coefficient (Wildman–Crippen LogP) is 1.94. The van der Waals surface area contributed by atoms with Gasteiger partial charge in [-0.2, -0.15) is 0 Å². The van der Waals surface area contributed by atoms with Gasteiger partial charge in [0, 0.05) is 25.7 Å². The topological polar surface area (TPSA) is 41.6 Å². The molecule has 2 aliphatic rings. The third kappa shape index (κ3) is 4.77. The summed E-state index contributed by atoms with van der Waals surface area (Å²) < 4.78 is 5.78. The molecule has 0 aromatic heterocycles. The first-order valence-corrected chi connectivity index (χ1v) is 7.92. The zero-order valence-electron chi connectivity index (χ0n) is 12.2. The van der Waals surface area contributed by atoms with E-state index in [1.807, 2.05) is 4.90 Å². The molecule has 1 amide bonds. The second kappa shape index (κ2) is 7.85. The molecule has 19 heavy (non-hydrogen) atoms. The Morgan fingerprint density at radius 2 is 2.05 bits per heavy atom. The summed E-state index contributed by atoms with van der Waals surface area (Å²) in [5, 5.41) is 3.40. The Labute approximate surface area is 116 Å². The third-order valence-electron chi connectivity index (χ3n) is 4.19. The number of rotatable bonds is 6. The molecule has 2 fully saturated rings. The molecule has 0 bridgehead atoms. The second-order valence-corrected chi connectivity index (χ2v) is 5.84. The number of carbonyl (C=O) groups is 1. The zero-order valence-corrected chi connectivity index (χ0v) is 12.2. The van der Waals surface area contributed by atoms with Gasteiger partial charge in [0.25, 0.3) is 0 Å². The molecule has 1 unspecified atom stereocenters. The number of ether oxygens (including phenoxy) is 1. The Kier molecular flexibility index (Phi) is 6.11. The van der Waals surface area contributed by atoms with Crippen LogP contribution in [0.5, 0.6) is 0 Å². The van der Waals surface area contributed by atoms with E-state index >= 15 is 0 Å². The number of carbonyl (C=O) groups excluding carboxylic acids is 1. The van der Waals surface area contributed by atoms with Gasteiger partial charge in [-0.15, -0.1) is 0 Å². The highest BCUT2D eigenvalue weighted by atomic mass is 16.5. The molecule has 1 heterocycles. The van der Waals surface area contributed by atoms with Gasteiger partial charge >= 0.3 is 0 Å². The number of hydrogen-bond acceptors (Lipinski definition) is 3. The maximum absolute atomic E-state index is 12.2. The van der Waals surface area contributed by atoms with Crippen molar-refractivity contribution in [1.82, 2.24) is 10.2 Å². The van der Waals surface area contributed by atoms with Crippen LogP contribution in [0.4, 0.5) is 0 Å². The van der Waals surface area contributed by atoms with E-state index in [2.05, 4.69) is 12.2 Å². The van der Waals surface area contributed by atoms with E-state index < -0.39 is 0 Å². The second-order valence-electron chi connectivity index (χ2n) is 5.84. The van der Waals surface area contributed by atoms with Crippen molar-refractivity contribution >= 4 is 5.91 Å². The summed E-state index contributed by atoms with van der Waals surface area (Å²) in [5.41, 5.74) is 0. The summed E-state index contributed by atoms with van der Waals surface area (Å²) in [6.07, 6.45) is 8.55. The van der Waals surface area contributed by atoms with E-state index in [4.69, 9.17) is 4.74 Å². The van der Waals surface area contributed by atoms with E-state index in [0.717, 1.165) is 39.0 Å². The van der Waals surface area contributed by atoms with Gasteiger partial charge < -0.3 is 15.0 Å². The highest BCUT2D eigenvalue weighted by Crippen LogP contribution is 2.18. The molecule has 0 spiro atoms. The van der Waals surface area contributed by atoms with Crippen LogP contribution in [-0.4, -0.2) is 49.2 Å². The number of hydrogen-bond donors (Lipinski definition) is 1. The molecular weight excluding hydrogens is 240 g/mol. The largest absolute Gasteiger partial charge is 0.376 e. The third-order valence-corrected chi connectivity index (χ3v) is 4.19. The van der Waals surface area contributed by atoms with Gasteiger partial charge in [-0.05, 0) is 32.1 Å². The van der Waals surface area contributed by atoms with Crippen molar-refractivity contribution in [2.45, 2.75) is 64.0 Å². The highest BCUT2D eigenvalue weighted by Gasteiger charge is 2.24. The van der Waals surface area contributed by atoms with Crippen LogP contribution in [0.1, 0.15) is 51.9 Å². The zero-order chi connectivity index (χ0) is 13.5. The van der Waals surface area contributed by atoms with Gasteiger partial charge in [0.15, 0.2) is 0 Å². The lowest BCUT2D eigenvalue weighted by atomic mass is 10.1. The van der Waals surface area contributed by atoms with Crippen LogP contribution < -0.4 is 5.32 Å². The van der Waals surface area contributed by atoms with Crippen molar-refractivity contribution in [3.63, 3.8) is 0 Å². The van der Waals surface area contributed by atoms with Crippen LogP contribution in [0.25, 0.3) is 0 Å². The molecular formula is C15H28N2O2. The highest BCUT2D eigenvalue weighted by molar-refractivity contribution is 5.78. The van der Waals surface area contributed by atoms with Crippen LogP contribution in [0, 0.1) is 0 Å². The summed E-state index contributed by atoms with van der Waals surface area (Å²) in [6.45, 7) is 5.12. The van der Waals surface area contributed by atoms with Crippen molar-refractivity contribution < 1.29 is 9.53 Å².